The molecule has 0 saturated heterocycles. The third kappa shape index (κ3) is 2.78. The van der Waals surface area contributed by atoms with Gasteiger partial charge < -0.3 is 5.32 Å². The normalized spacial score (nSPS) is 11.7. The van der Waals surface area contributed by atoms with Gasteiger partial charge in [-0.05, 0) is 37.9 Å². The zero-order valence-corrected chi connectivity index (χ0v) is 15.6. The van der Waals surface area contributed by atoms with Crippen LogP contribution in [0.1, 0.15) is 31.8 Å². The van der Waals surface area contributed by atoms with Crippen LogP contribution in [-0.2, 0) is 0 Å². The fourth-order valence-electron chi connectivity index (χ4n) is 2.59. The monoisotopic (exact) mass is 455 g/mol. The second kappa shape index (κ2) is 6.64. The molecule has 0 unspecified atom stereocenters. The highest BCUT2D eigenvalue weighted by molar-refractivity contribution is 9.11. The highest BCUT2D eigenvalue weighted by atomic mass is 79.9. The number of halogens is 2. The number of allylic oxidation sites excluding steroid dienone is 1. The summed E-state index contributed by atoms with van der Waals surface area (Å²) in [6.07, 6.45) is 1.20. The Morgan fingerprint density at radius 1 is 0.960 bits per heavy atom. The smallest absolute Gasteiger partial charge is 0.196 e. The lowest BCUT2D eigenvalue weighted by atomic mass is 9.83. The van der Waals surface area contributed by atoms with Crippen LogP contribution in [-0.4, -0.2) is 11.6 Å². The Kier molecular flexibility index (Phi) is 4.54. The molecule has 1 aliphatic rings. The van der Waals surface area contributed by atoms with Crippen molar-refractivity contribution in [1.29, 1.82) is 10.5 Å². The summed E-state index contributed by atoms with van der Waals surface area (Å²) in [7, 11) is 0. The predicted octanol–water partition coefficient (Wildman–Crippen LogP) is 4.33. The lowest BCUT2D eigenvalue weighted by molar-refractivity contribution is 0.0979. The minimum atomic E-state index is -0.307. The van der Waals surface area contributed by atoms with Gasteiger partial charge in [-0.2, -0.15) is 10.5 Å². The fraction of sp³-hybridized carbons (Fsp3) is 0. The van der Waals surface area contributed by atoms with Crippen molar-refractivity contribution in [2.45, 2.75) is 0 Å². The topological polar surface area (TPSA) is 93.8 Å². The quantitative estimate of drug-likeness (QED) is 0.579. The van der Waals surface area contributed by atoms with Gasteiger partial charge in [-0.25, -0.2) is 0 Å². The number of ketones is 2. The molecule has 0 saturated carbocycles. The van der Waals surface area contributed by atoms with Gasteiger partial charge in [0.25, 0.3) is 0 Å². The van der Waals surface area contributed by atoms with Crippen molar-refractivity contribution < 1.29 is 9.59 Å². The van der Waals surface area contributed by atoms with Gasteiger partial charge in [-0.3, -0.25) is 9.59 Å². The summed E-state index contributed by atoms with van der Waals surface area (Å²) >= 11 is 6.70. The summed E-state index contributed by atoms with van der Waals surface area (Å²) in [5.74, 6) is -0.573. The number of anilines is 1. The van der Waals surface area contributed by atoms with Crippen LogP contribution in [0.25, 0.3) is 0 Å². The van der Waals surface area contributed by atoms with Gasteiger partial charge >= 0.3 is 0 Å². The Morgan fingerprint density at radius 2 is 1.52 bits per heavy atom. The van der Waals surface area contributed by atoms with Crippen molar-refractivity contribution in [2.75, 3.05) is 5.32 Å². The number of nitrogens with zero attached hydrogens (tertiary/aromatic N) is 2. The van der Waals surface area contributed by atoms with E-state index in [0.717, 1.165) is 0 Å². The number of fused-ring (bicyclic) bond motifs is 2. The molecule has 0 aromatic heterocycles. The predicted molar refractivity (Wildman–Crippen MR) is 98.1 cm³/mol. The zero-order valence-electron chi connectivity index (χ0n) is 12.4. The van der Waals surface area contributed by atoms with E-state index in [2.05, 4.69) is 37.2 Å². The summed E-state index contributed by atoms with van der Waals surface area (Å²) in [6, 6.07) is 11.7. The number of hydrogen-bond acceptors (Lipinski definition) is 5. The average Bonchev–Trinajstić information content (AvgIpc) is 2.61. The standard InChI is InChI=1S/C18H7Br2N3O2/c19-12-5-13(20)16(23-8-9(6-21)7-22)15-14(12)17(24)10-3-1-2-4-11(10)18(15)25/h1-5,8,23H. The Labute approximate surface area is 159 Å². The first-order valence-corrected chi connectivity index (χ1v) is 8.55. The minimum absolute atomic E-state index is 0.154. The molecule has 0 heterocycles. The first kappa shape index (κ1) is 17.1. The number of carbonyl (C=O) groups is 2. The average molecular weight is 457 g/mol. The van der Waals surface area contributed by atoms with Gasteiger partial charge in [0, 0.05) is 26.3 Å². The highest BCUT2D eigenvalue weighted by Gasteiger charge is 2.34. The summed E-state index contributed by atoms with van der Waals surface area (Å²) < 4.78 is 1.00. The van der Waals surface area contributed by atoms with Crippen LogP contribution in [0, 0.1) is 22.7 Å². The van der Waals surface area contributed by atoms with E-state index in [4.69, 9.17) is 10.5 Å². The molecule has 0 spiro atoms. The van der Waals surface area contributed by atoms with Crippen LogP contribution in [0.3, 0.4) is 0 Å². The van der Waals surface area contributed by atoms with Gasteiger partial charge in [0.05, 0.1) is 16.8 Å². The number of carbonyl (C=O) groups excluding carboxylic acids is 2. The molecule has 25 heavy (non-hydrogen) atoms. The van der Waals surface area contributed by atoms with Crippen LogP contribution in [0.15, 0.2) is 51.1 Å². The van der Waals surface area contributed by atoms with E-state index in [-0.39, 0.29) is 28.3 Å². The summed E-state index contributed by atoms with van der Waals surface area (Å²) in [5.41, 5.74) is 1.28. The first-order valence-electron chi connectivity index (χ1n) is 6.97. The summed E-state index contributed by atoms with van der Waals surface area (Å²) in [6.45, 7) is 0. The van der Waals surface area contributed by atoms with Crippen LogP contribution in [0.5, 0.6) is 0 Å². The van der Waals surface area contributed by atoms with E-state index in [1.807, 2.05) is 0 Å². The molecule has 2 aromatic carbocycles. The van der Waals surface area contributed by atoms with Gasteiger partial charge in [-0.1, -0.05) is 24.3 Å². The maximum absolute atomic E-state index is 13.0. The molecule has 2 aromatic rings. The van der Waals surface area contributed by atoms with E-state index < -0.39 is 0 Å². The summed E-state index contributed by atoms with van der Waals surface area (Å²) in [5, 5.41) is 20.5. The minimum Gasteiger partial charge on any atom is -0.358 e. The van der Waals surface area contributed by atoms with E-state index in [9.17, 15) is 9.59 Å². The lowest BCUT2D eigenvalue weighted by Crippen LogP contribution is -2.23. The molecule has 0 amide bonds. The summed E-state index contributed by atoms with van der Waals surface area (Å²) in [4.78, 5) is 25.8. The van der Waals surface area contributed by atoms with Gasteiger partial charge in [0.1, 0.15) is 17.7 Å². The molecule has 120 valence electrons. The second-order valence-corrected chi connectivity index (χ2v) is 6.80. The second-order valence-electron chi connectivity index (χ2n) is 5.10. The highest BCUT2D eigenvalue weighted by Crippen LogP contribution is 2.40. The number of benzene rings is 2. The molecule has 7 heteroatoms. The Bertz CT molecular complexity index is 1040. The van der Waals surface area contributed by atoms with Crippen molar-refractivity contribution in [2.24, 2.45) is 0 Å². The fourth-order valence-corrected chi connectivity index (χ4v) is 4.05. The van der Waals surface area contributed by atoms with Gasteiger partial charge in [-0.15, -0.1) is 0 Å². The maximum Gasteiger partial charge on any atom is 0.196 e. The van der Waals surface area contributed by atoms with Crippen LogP contribution >= 0.6 is 31.9 Å². The maximum atomic E-state index is 13.0. The molecule has 0 atom stereocenters. The van der Waals surface area contributed by atoms with E-state index >= 15 is 0 Å². The van der Waals surface area contributed by atoms with Crippen molar-refractivity contribution in [1.82, 2.24) is 0 Å². The van der Waals surface area contributed by atoms with Crippen molar-refractivity contribution in [3.05, 3.63) is 73.3 Å². The van der Waals surface area contributed by atoms with Crippen molar-refractivity contribution in [3.63, 3.8) is 0 Å². The third-order valence-electron chi connectivity index (χ3n) is 3.70. The lowest BCUT2D eigenvalue weighted by Gasteiger charge is -2.22. The van der Waals surface area contributed by atoms with Crippen LogP contribution in [0.4, 0.5) is 5.69 Å². The molecular weight excluding hydrogens is 450 g/mol. The zero-order chi connectivity index (χ0) is 18.1. The van der Waals surface area contributed by atoms with Crippen LogP contribution < -0.4 is 5.32 Å². The Balaban J connectivity index is 2.27. The van der Waals surface area contributed by atoms with E-state index in [0.29, 0.717) is 25.8 Å². The molecule has 3 rings (SSSR count). The largest absolute Gasteiger partial charge is 0.358 e. The molecule has 0 radical (unpaired) electrons. The Morgan fingerprint density at radius 3 is 2.08 bits per heavy atom. The van der Waals surface area contributed by atoms with E-state index in [1.54, 1.807) is 42.5 Å². The molecule has 0 aliphatic heterocycles. The number of nitriles is 2. The molecule has 1 N–H and O–H groups in total. The third-order valence-corrected chi connectivity index (χ3v) is 4.95. The number of nitrogens with one attached hydrogen (secondary N) is 1. The van der Waals surface area contributed by atoms with Crippen molar-refractivity contribution in [3.8, 4) is 12.1 Å². The molecule has 1 aliphatic carbocycles. The van der Waals surface area contributed by atoms with Crippen LogP contribution in [0.2, 0.25) is 0 Å². The van der Waals surface area contributed by atoms with Gasteiger partial charge in [0.15, 0.2) is 11.6 Å². The molecule has 5 nitrogen and oxygen atoms in total. The first-order chi connectivity index (χ1) is 12.0. The van der Waals surface area contributed by atoms with Crippen molar-refractivity contribution >= 4 is 49.1 Å². The molecule has 0 fully saturated rings. The van der Waals surface area contributed by atoms with Gasteiger partial charge in [0.2, 0.25) is 0 Å². The molecular formula is C18H7Br2N3O2. The molecule has 0 bridgehead atoms. The number of hydrogen-bond donors (Lipinski definition) is 1. The SMILES string of the molecule is N#CC(C#N)=CNc1c(Br)cc(Br)c2c1C(=O)c1ccccc1C2=O. The van der Waals surface area contributed by atoms with E-state index in [1.165, 1.54) is 6.20 Å². The Hall–Kier alpha value is -2.74. The number of rotatable bonds is 2.